The lowest BCUT2D eigenvalue weighted by Gasteiger charge is -2.06. The Morgan fingerprint density at radius 1 is 1.38 bits per heavy atom. The van der Waals surface area contributed by atoms with Gasteiger partial charge in [-0.15, -0.1) is 0 Å². The van der Waals surface area contributed by atoms with Crippen LogP contribution in [0.3, 0.4) is 0 Å². The van der Waals surface area contributed by atoms with Crippen molar-refractivity contribution >= 4 is 28.3 Å². The molecular weight excluding hydrogens is 222 g/mol. The van der Waals surface area contributed by atoms with E-state index in [0.29, 0.717) is 16.4 Å². The average molecular weight is 235 g/mol. The van der Waals surface area contributed by atoms with Gasteiger partial charge in [0.25, 0.3) is 0 Å². The number of nitrogen functional groups attached to an aromatic ring is 1. The van der Waals surface area contributed by atoms with E-state index in [1.807, 2.05) is 12.3 Å². The Labute approximate surface area is 99.7 Å². The van der Waals surface area contributed by atoms with Crippen molar-refractivity contribution in [3.63, 3.8) is 0 Å². The van der Waals surface area contributed by atoms with Crippen molar-refractivity contribution in [3.8, 4) is 0 Å². The van der Waals surface area contributed by atoms with Gasteiger partial charge in [-0.25, -0.2) is 4.98 Å². The Hall–Kier alpha value is -1.35. The average Bonchev–Trinajstić information content (AvgIpc) is 2.15. The van der Waals surface area contributed by atoms with E-state index in [9.17, 15) is 0 Å². The number of nitrogens with two attached hydrogens (primary N) is 1. The maximum absolute atomic E-state index is 5.86. The number of halogens is 1. The van der Waals surface area contributed by atoms with Gasteiger partial charge in [0.05, 0.1) is 11.2 Å². The van der Waals surface area contributed by atoms with Gasteiger partial charge in [0.15, 0.2) is 0 Å². The van der Waals surface area contributed by atoms with Crippen LogP contribution in [0, 0.1) is 5.92 Å². The molecule has 2 N–H and O–H groups in total. The molecule has 0 aromatic carbocycles. The van der Waals surface area contributed by atoms with E-state index < -0.39 is 0 Å². The Kier molecular flexibility index (Phi) is 2.97. The Morgan fingerprint density at radius 3 is 2.81 bits per heavy atom. The number of aromatic nitrogens is 2. The van der Waals surface area contributed by atoms with Gasteiger partial charge in [-0.05, 0) is 24.0 Å². The second kappa shape index (κ2) is 4.26. The fraction of sp³-hybridized carbons (Fsp3) is 0.250. The monoisotopic (exact) mass is 234 g/mol. The molecule has 2 aromatic rings. The van der Waals surface area contributed by atoms with Gasteiger partial charge < -0.3 is 5.73 Å². The van der Waals surface area contributed by atoms with Crippen LogP contribution in [0.15, 0.2) is 18.3 Å². The predicted molar refractivity (Wildman–Crippen MR) is 67.3 cm³/mol. The Balaban J connectivity index is 2.53. The highest BCUT2D eigenvalue weighted by Gasteiger charge is 2.06. The number of anilines is 1. The molecular formula is C12H13ClN3. The number of hydrogen-bond donors (Lipinski definition) is 1. The largest absolute Gasteiger partial charge is 0.397 e. The first-order valence-corrected chi connectivity index (χ1v) is 5.44. The first-order chi connectivity index (χ1) is 7.56. The fourth-order valence-corrected chi connectivity index (χ4v) is 1.86. The van der Waals surface area contributed by atoms with Crippen LogP contribution in [0.4, 0.5) is 5.69 Å². The highest BCUT2D eigenvalue weighted by Crippen LogP contribution is 2.22. The minimum absolute atomic E-state index is 0.404. The SMILES string of the molecule is C[C](C)Cc1cnc2c(N)cc(Cl)nc2c1. The Morgan fingerprint density at radius 2 is 2.12 bits per heavy atom. The van der Waals surface area contributed by atoms with Crippen LogP contribution in [0.2, 0.25) is 5.15 Å². The van der Waals surface area contributed by atoms with E-state index in [1.54, 1.807) is 6.07 Å². The van der Waals surface area contributed by atoms with Crippen LogP contribution in [0.25, 0.3) is 11.0 Å². The number of nitrogens with zero attached hydrogens (tertiary/aromatic N) is 2. The molecule has 0 saturated carbocycles. The minimum Gasteiger partial charge on any atom is -0.397 e. The summed E-state index contributed by atoms with van der Waals surface area (Å²) >= 11 is 5.86. The maximum Gasteiger partial charge on any atom is 0.131 e. The van der Waals surface area contributed by atoms with Gasteiger partial charge >= 0.3 is 0 Å². The van der Waals surface area contributed by atoms with Gasteiger partial charge in [0, 0.05) is 12.3 Å². The highest BCUT2D eigenvalue weighted by molar-refractivity contribution is 6.30. The number of fused-ring (bicyclic) bond motifs is 1. The van der Waals surface area contributed by atoms with Crippen molar-refractivity contribution in [2.75, 3.05) is 5.73 Å². The van der Waals surface area contributed by atoms with Crippen molar-refractivity contribution in [2.24, 2.45) is 0 Å². The van der Waals surface area contributed by atoms with Crippen molar-refractivity contribution in [3.05, 3.63) is 35.0 Å². The second-order valence-electron chi connectivity index (χ2n) is 4.13. The third kappa shape index (κ3) is 2.25. The summed E-state index contributed by atoms with van der Waals surface area (Å²) < 4.78 is 0. The lowest BCUT2D eigenvalue weighted by Crippen LogP contribution is -1.97. The molecule has 83 valence electrons. The van der Waals surface area contributed by atoms with E-state index in [-0.39, 0.29) is 0 Å². The molecule has 0 fully saturated rings. The summed E-state index contributed by atoms with van der Waals surface area (Å²) in [4.78, 5) is 8.53. The zero-order valence-corrected chi connectivity index (χ0v) is 10.0. The molecule has 0 aliphatic carbocycles. The molecule has 2 aromatic heterocycles. The third-order valence-corrected chi connectivity index (χ3v) is 2.45. The summed E-state index contributed by atoms with van der Waals surface area (Å²) in [5.74, 6) is 1.33. The van der Waals surface area contributed by atoms with Crippen LogP contribution in [0.1, 0.15) is 19.4 Å². The van der Waals surface area contributed by atoms with Gasteiger partial charge in [0.2, 0.25) is 0 Å². The van der Waals surface area contributed by atoms with E-state index in [2.05, 4.69) is 23.8 Å². The second-order valence-corrected chi connectivity index (χ2v) is 4.52. The molecule has 0 aliphatic heterocycles. The lowest BCUT2D eigenvalue weighted by atomic mass is 10.0. The lowest BCUT2D eigenvalue weighted by molar-refractivity contribution is 0.951. The van der Waals surface area contributed by atoms with Gasteiger partial charge in [-0.2, -0.15) is 0 Å². The van der Waals surface area contributed by atoms with Crippen molar-refractivity contribution in [1.29, 1.82) is 0 Å². The molecule has 2 rings (SSSR count). The van der Waals surface area contributed by atoms with E-state index >= 15 is 0 Å². The summed E-state index contributed by atoms with van der Waals surface area (Å²) in [6.45, 7) is 4.17. The first kappa shape index (κ1) is 11.1. The zero-order chi connectivity index (χ0) is 11.7. The summed E-state index contributed by atoms with van der Waals surface area (Å²) in [6.07, 6.45) is 2.73. The summed E-state index contributed by atoms with van der Waals surface area (Å²) in [6, 6.07) is 3.60. The van der Waals surface area contributed by atoms with Crippen LogP contribution >= 0.6 is 11.6 Å². The maximum atomic E-state index is 5.86. The van der Waals surface area contributed by atoms with Crippen molar-refractivity contribution < 1.29 is 0 Å². The van der Waals surface area contributed by atoms with Gasteiger partial charge in [0.1, 0.15) is 10.7 Å². The molecule has 0 spiro atoms. The molecule has 0 unspecified atom stereocenters. The molecule has 0 aliphatic rings. The molecule has 1 radical (unpaired) electrons. The molecule has 0 saturated heterocycles. The van der Waals surface area contributed by atoms with E-state index in [4.69, 9.17) is 17.3 Å². The number of pyridine rings is 2. The fourth-order valence-electron chi connectivity index (χ4n) is 1.65. The number of rotatable bonds is 2. The van der Waals surface area contributed by atoms with E-state index in [0.717, 1.165) is 17.5 Å². The predicted octanol–water partition coefficient (Wildman–Crippen LogP) is 3.02. The molecule has 0 amide bonds. The topological polar surface area (TPSA) is 51.8 Å². The van der Waals surface area contributed by atoms with Gasteiger partial charge in [-0.3, -0.25) is 4.98 Å². The van der Waals surface area contributed by atoms with E-state index in [1.165, 1.54) is 5.92 Å². The molecule has 0 atom stereocenters. The minimum atomic E-state index is 0.404. The van der Waals surface area contributed by atoms with Crippen LogP contribution < -0.4 is 5.73 Å². The van der Waals surface area contributed by atoms with Crippen LogP contribution in [0.5, 0.6) is 0 Å². The molecule has 16 heavy (non-hydrogen) atoms. The quantitative estimate of drug-likeness (QED) is 0.813. The molecule has 3 nitrogen and oxygen atoms in total. The molecule has 0 bridgehead atoms. The highest BCUT2D eigenvalue weighted by atomic mass is 35.5. The summed E-state index contributed by atoms with van der Waals surface area (Å²) in [5.41, 5.74) is 8.97. The van der Waals surface area contributed by atoms with Gasteiger partial charge in [-0.1, -0.05) is 25.4 Å². The summed E-state index contributed by atoms with van der Waals surface area (Å²) in [7, 11) is 0. The van der Waals surface area contributed by atoms with Crippen LogP contribution in [-0.2, 0) is 6.42 Å². The third-order valence-electron chi connectivity index (χ3n) is 2.26. The molecule has 4 heteroatoms. The smallest absolute Gasteiger partial charge is 0.131 e. The number of hydrogen-bond acceptors (Lipinski definition) is 3. The normalized spacial score (nSPS) is 11.2. The molecule has 2 heterocycles. The summed E-state index contributed by atoms with van der Waals surface area (Å²) in [5, 5.41) is 0.404. The standard InChI is InChI=1S/C12H13ClN3/c1-7(2)3-8-4-10-12(15-6-8)9(14)5-11(13)16-10/h4-6H,3H2,1-2H3,(H2,14,16). The Bertz CT molecular complexity index is 523. The van der Waals surface area contributed by atoms with Crippen molar-refractivity contribution in [1.82, 2.24) is 9.97 Å². The van der Waals surface area contributed by atoms with Crippen LogP contribution in [-0.4, -0.2) is 9.97 Å². The van der Waals surface area contributed by atoms with Crippen molar-refractivity contribution in [2.45, 2.75) is 20.3 Å². The zero-order valence-electron chi connectivity index (χ0n) is 9.29. The first-order valence-electron chi connectivity index (χ1n) is 5.06.